The Hall–Kier alpha value is -0.680. The van der Waals surface area contributed by atoms with Gasteiger partial charge in [0.1, 0.15) is 0 Å². The van der Waals surface area contributed by atoms with E-state index in [2.05, 4.69) is 10.4 Å². The molecule has 1 fully saturated rings. The standard InChI is InChI=1S/C10H17N3OS/c1-8-3-10(13(2)12-8)7-15(14)6-9-4-11-5-9/h3,9,11H,4-7H2,1-2H3. The SMILES string of the molecule is Cc1cc(CS(=O)CC2CNC2)n(C)n1. The maximum absolute atomic E-state index is 11.8. The molecule has 5 heteroatoms. The number of nitrogens with zero attached hydrogens (tertiary/aromatic N) is 2. The molecule has 1 unspecified atom stereocenters. The molecule has 0 radical (unpaired) electrons. The zero-order valence-electron chi connectivity index (χ0n) is 9.19. The Morgan fingerprint density at radius 2 is 2.40 bits per heavy atom. The monoisotopic (exact) mass is 227 g/mol. The van der Waals surface area contributed by atoms with Gasteiger partial charge in [-0.05, 0) is 18.9 Å². The van der Waals surface area contributed by atoms with Gasteiger partial charge in [0.25, 0.3) is 0 Å². The molecule has 0 saturated carbocycles. The van der Waals surface area contributed by atoms with E-state index in [1.807, 2.05) is 24.7 Å². The molecular weight excluding hydrogens is 210 g/mol. The van der Waals surface area contributed by atoms with Crippen molar-refractivity contribution in [2.75, 3.05) is 18.8 Å². The first-order valence-corrected chi connectivity index (χ1v) is 6.69. The summed E-state index contributed by atoms with van der Waals surface area (Å²) in [5.41, 5.74) is 2.06. The summed E-state index contributed by atoms with van der Waals surface area (Å²) in [6, 6.07) is 2.01. The highest BCUT2D eigenvalue weighted by molar-refractivity contribution is 7.84. The normalized spacial score (nSPS) is 18.8. The summed E-state index contributed by atoms with van der Waals surface area (Å²) >= 11 is 0. The van der Waals surface area contributed by atoms with Crippen molar-refractivity contribution in [3.63, 3.8) is 0 Å². The third kappa shape index (κ3) is 2.66. The molecule has 2 heterocycles. The number of hydrogen-bond donors (Lipinski definition) is 1. The maximum Gasteiger partial charge on any atom is 0.0655 e. The fraction of sp³-hybridized carbons (Fsp3) is 0.700. The lowest BCUT2D eigenvalue weighted by Gasteiger charge is -2.26. The van der Waals surface area contributed by atoms with E-state index in [1.165, 1.54) is 0 Å². The van der Waals surface area contributed by atoms with E-state index in [1.54, 1.807) is 0 Å². The van der Waals surface area contributed by atoms with E-state index < -0.39 is 10.8 Å². The van der Waals surface area contributed by atoms with Crippen molar-refractivity contribution in [3.05, 3.63) is 17.5 Å². The van der Waals surface area contributed by atoms with Crippen LogP contribution in [0.4, 0.5) is 0 Å². The first-order valence-electron chi connectivity index (χ1n) is 5.20. The predicted molar refractivity (Wildman–Crippen MR) is 61.0 cm³/mol. The third-order valence-corrected chi connectivity index (χ3v) is 4.16. The van der Waals surface area contributed by atoms with Crippen molar-refractivity contribution in [1.82, 2.24) is 15.1 Å². The summed E-state index contributed by atoms with van der Waals surface area (Å²) in [6.45, 7) is 4.01. The molecule has 2 rings (SSSR count). The van der Waals surface area contributed by atoms with Crippen LogP contribution in [0.2, 0.25) is 0 Å². The van der Waals surface area contributed by atoms with Crippen LogP contribution in [-0.4, -0.2) is 32.8 Å². The van der Waals surface area contributed by atoms with Crippen LogP contribution < -0.4 is 5.32 Å². The van der Waals surface area contributed by atoms with Gasteiger partial charge in [0.2, 0.25) is 0 Å². The van der Waals surface area contributed by atoms with Crippen molar-refractivity contribution in [2.24, 2.45) is 13.0 Å². The number of rotatable bonds is 4. The summed E-state index contributed by atoms with van der Waals surface area (Å²) in [4.78, 5) is 0. The van der Waals surface area contributed by atoms with E-state index in [0.29, 0.717) is 11.7 Å². The molecule has 0 amide bonds. The Labute approximate surface area is 92.5 Å². The summed E-state index contributed by atoms with van der Waals surface area (Å²) in [5.74, 6) is 2.06. The molecular formula is C10H17N3OS. The van der Waals surface area contributed by atoms with Crippen LogP contribution >= 0.6 is 0 Å². The molecule has 4 nitrogen and oxygen atoms in total. The average Bonchev–Trinajstić information content (AvgIpc) is 2.38. The van der Waals surface area contributed by atoms with Gasteiger partial charge in [-0.2, -0.15) is 5.10 Å². The predicted octanol–water partition coefficient (Wildman–Crippen LogP) is 0.197. The molecule has 0 bridgehead atoms. The van der Waals surface area contributed by atoms with Crippen LogP contribution in [0.25, 0.3) is 0 Å². The number of aromatic nitrogens is 2. The fourth-order valence-electron chi connectivity index (χ4n) is 1.75. The molecule has 0 aromatic carbocycles. The van der Waals surface area contributed by atoms with Crippen molar-refractivity contribution >= 4 is 10.8 Å². The van der Waals surface area contributed by atoms with Gasteiger partial charge in [-0.1, -0.05) is 0 Å². The summed E-state index contributed by atoms with van der Waals surface area (Å²) in [7, 11) is 1.16. The van der Waals surface area contributed by atoms with Crippen LogP contribution in [0.3, 0.4) is 0 Å². The molecule has 1 aromatic heterocycles. The van der Waals surface area contributed by atoms with Crippen LogP contribution in [0.1, 0.15) is 11.4 Å². The molecule has 1 atom stereocenters. The highest BCUT2D eigenvalue weighted by atomic mass is 32.2. The van der Waals surface area contributed by atoms with Crippen molar-refractivity contribution in [1.29, 1.82) is 0 Å². The molecule has 0 aliphatic carbocycles. The van der Waals surface area contributed by atoms with E-state index in [0.717, 1.165) is 30.2 Å². The summed E-state index contributed by atoms with van der Waals surface area (Å²) < 4.78 is 13.6. The quantitative estimate of drug-likeness (QED) is 0.799. The molecule has 1 aromatic rings. The zero-order valence-corrected chi connectivity index (χ0v) is 10.0. The van der Waals surface area contributed by atoms with Gasteiger partial charge in [0.05, 0.1) is 17.1 Å². The topological polar surface area (TPSA) is 46.9 Å². The van der Waals surface area contributed by atoms with Crippen LogP contribution in [0, 0.1) is 12.8 Å². The largest absolute Gasteiger partial charge is 0.316 e. The van der Waals surface area contributed by atoms with E-state index in [-0.39, 0.29) is 0 Å². The summed E-state index contributed by atoms with van der Waals surface area (Å²) in [5, 5.41) is 7.44. The number of nitrogens with one attached hydrogen (secondary N) is 1. The second-order valence-electron chi connectivity index (χ2n) is 4.18. The Bertz CT molecular complexity index is 371. The minimum absolute atomic E-state index is 0.611. The van der Waals surface area contributed by atoms with Crippen molar-refractivity contribution in [3.8, 4) is 0 Å². The second kappa shape index (κ2) is 4.45. The molecule has 15 heavy (non-hydrogen) atoms. The first-order chi connectivity index (χ1) is 7.15. The molecule has 84 valence electrons. The van der Waals surface area contributed by atoms with Crippen LogP contribution in [0.15, 0.2) is 6.07 Å². The lowest BCUT2D eigenvalue weighted by molar-refractivity contribution is 0.382. The Morgan fingerprint density at radius 3 is 2.87 bits per heavy atom. The highest BCUT2D eigenvalue weighted by Crippen LogP contribution is 2.10. The Kier molecular flexibility index (Phi) is 3.21. The summed E-state index contributed by atoms with van der Waals surface area (Å²) in [6.07, 6.45) is 0. The van der Waals surface area contributed by atoms with Crippen LogP contribution in [-0.2, 0) is 23.6 Å². The van der Waals surface area contributed by atoms with Crippen molar-refractivity contribution in [2.45, 2.75) is 12.7 Å². The number of aryl methyl sites for hydroxylation is 2. The minimum Gasteiger partial charge on any atom is -0.316 e. The smallest absolute Gasteiger partial charge is 0.0655 e. The lowest BCUT2D eigenvalue weighted by Crippen LogP contribution is -2.44. The maximum atomic E-state index is 11.8. The molecule has 1 aliphatic heterocycles. The fourth-order valence-corrected chi connectivity index (χ4v) is 3.23. The molecule has 0 spiro atoms. The first kappa shape index (κ1) is 10.8. The van der Waals surface area contributed by atoms with Crippen molar-refractivity contribution < 1.29 is 4.21 Å². The molecule has 1 aliphatic rings. The highest BCUT2D eigenvalue weighted by Gasteiger charge is 2.19. The van der Waals surface area contributed by atoms with E-state index >= 15 is 0 Å². The van der Waals surface area contributed by atoms with Gasteiger partial charge in [0, 0.05) is 36.7 Å². The van der Waals surface area contributed by atoms with Gasteiger partial charge in [-0.25, -0.2) is 0 Å². The molecule has 1 saturated heterocycles. The van der Waals surface area contributed by atoms with Gasteiger partial charge in [-0.15, -0.1) is 0 Å². The average molecular weight is 227 g/mol. The van der Waals surface area contributed by atoms with Gasteiger partial charge in [0.15, 0.2) is 0 Å². The van der Waals surface area contributed by atoms with Gasteiger partial charge < -0.3 is 5.32 Å². The zero-order chi connectivity index (χ0) is 10.8. The van der Waals surface area contributed by atoms with Gasteiger partial charge >= 0.3 is 0 Å². The second-order valence-corrected chi connectivity index (χ2v) is 5.68. The van der Waals surface area contributed by atoms with Crippen LogP contribution in [0.5, 0.6) is 0 Å². The molecule has 1 N–H and O–H groups in total. The minimum atomic E-state index is -0.748. The van der Waals surface area contributed by atoms with E-state index in [4.69, 9.17) is 0 Å². The van der Waals surface area contributed by atoms with Gasteiger partial charge in [-0.3, -0.25) is 8.89 Å². The third-order valence-electron chi connectivity index (χ3n) is 2.70. The van der Waals surface area contributed by atoms with E-state index in [9.17, 15) is 4.21 Å². The Morgan fingerprint density at radius 1 is 1.67 bits per heavy atom. The number of hydrogen-bond acceptors (Lipinski definition) is 3. The lowest BCUT2D eigenvalue weighted by atomic mass is 10.1. The Balaban J connectivity index is 1.90.